The van der Waals surface area contributed by atoms with Crippen LogP contribution in [0.1, 0.15) is 12.0 Å². The number of morpholine rings is 1. The number of furan rings is 1. The van der Waals surface area contributed by atoms with Gasteiger partial charge in [-0.15, -0.1) is 0 Å². The highest BCUT2D eigenvalue weighted by molar-refractivity contribution is 5.93. The van der Waals surface area contributed by atoms with Crippen molar-refractivity contribution in [3.05, 3.63) is 30.0 Å². The molecule has 134 valence electrons. The fourth-order valence-corrected chi connectivity index (χ4v) is 3.75. The third kappa shape index (κ3) is 3.65. The summed E-state index contributed by atoms with van der Waals surface area (Å²) >= 11 is 0. The number of fused-ring (bicyclic) bond motifs is 1. The molecule has 3 heterocycles. The number of aryl methyl sites for hydroxylation is 1. The number of ether oxygens (including phenoxy) is 1. The number of nitrogens with zero attached hydrogens (tertiary/aromatic N) is 2. The summed E-state index contributed by atoms with van der Waals surface area (Å²) in [5.74, 6) is 0.558. The SMILES string of the molecule is Cc1coc2ccc(NC(=O)N3CCC(CN4CCOCC4)C3)cc12. The Balaban J connectivity index is 1.33. The molecule has 1 aromatic carbocycles. The predicted octanol–water partition coefficient (Wildman–Crippen LogP) is 2.93. The summed E-state index contributed by atoms with van der Waals surface area (Å²) < 4.78 is 10.9. The maximum atomic E-state index is 12.6. The molecule has 6 heteroatoms. The molecule has 0 aliphatic carbocycles. The Bertz CT molecular complexity index is 751. The highest BCUT2D eigenvalue weighted by atomic mass is 16.5. The maximum Gasteiger partial charge on any atom is 0.321 e. The van der Waals surface area contributed by atoms with Crippen molar-refractivity contribution in [3.8, 4) is 0 Å². The molecule has 2 saturated heterocycles. The molecule has 2 fully saturated rings. The number of urea groups is 1. The van der Waals surface area contributed by atoms with E-state index in [-0.39, 0.29) is 6.03 Å². The van der Waals surface area contributed by atoms with Crippen molar-refractivity contribution in [2.24, 2.45) is 5.92 Å². The van der Waals surface area contributed by atoms with Gasteiger partial charge in [-0.1, -0.05) is 0 Å². The Morgan fingerprint density at radius 3 is 2.96 bits per heavy atom. The molecular formula is C19H25N3O3. The van der Waals surface area contributed by atoms with Gasteiger partial charge in [0.25, 0.3) is 0 Å². The van der Waals surface area contributed by atoms with Gasteiger partial charge in [0.2, 0.25) is 0 Å². The van der Waals surface area contributed by atoms with E-state index >= 15 is 0 Å². The molecular weight excluding hydrogens is 318 g/mol. The first-order chi connectivity index (χ1) is 12.2. The molecule has 1 aromatic heterocycles. The Morgan fingerprint density at radius 1 is 1.28 bits per heavy atom. The van der Waals surface area contributed by atoms with Crippen LogP contribution in [0.25, 0.3) is 11.0 Å². The molecule has 0 saturated carbocycles. The Hall–Kier alpha value is -2.05. The number of carbonyl (C=O) groups is 1. The summed E-state index contributed by atoms with van der Waals surface area (Å²) in [4.78, 5) is 16.9. The summed E-state index contributed by atoms with van der Waals surface area (Å²) in [5, 5.41) is 4.07. The van der Waals surface area contributed by atoms with Gasteiger partial charge in [-0.25, -0.2) is 4.79 Å². The van der Waals surface area contributed by atoms with E-state index < -0.39 is 0 Å². The molecule has 1 N–H and O–H groups in total. The van der Waals surface area contributed by atoms with Crippen LogP contribution in [0.5, 0.6) is 0 Å². The molecule has 2 aliphatic heterocycles. The molecule has 2 aromatic rings. The third-order valence-corrected chi connectivity index (χ3v) is 5.21. The lowest BCUT2D eigenvalue weighted by Crippen LogP contribution is -2.40. The molecule has 0 radical (unpaired) electrons. The van der Waals surface area contributed by atoms with Gasteiger partial charge in [0.05, 0.1) is 19.5 Å². The van der Waals surface area contributed by atoms with Gasteiger partial charge in [0, 0.05) is 43.8 Å². The van der Waals surface area contributed by atoms with Crippen molar-refractivity contribution in [1.29, 1.82) is 0 Å². The molecule has 0 bridgehead atoms. The lowest BCUT2D eigenvalue weighted by Gasteiger charge is -2.29. The van der Waals surface area contributed by atoms with Crippen LogP contribution in [0.3, 0.4) is 0 Å². The van der Waals surface area contributed by atoms with Crippen LogP contribution in [0.15, 0.2) is 28.9 Å². The van der Waals surface area contributed by atoms with E-state index in [4.69, 9.17) is 9.15 Å². The summed E-state index contributed by atoms with van der Waals surface area (Å²) in [5.41, 5.74) is 2.75. The smallest absolute Gasteiger partial charge is 0.321 e. The zero-order valence-corrected chi connectivity index (χ0v) is 14.7. The van der Waals surface area contributed by atoms with Crippen LogP contribution in [-0.2, 0) is 4.74 Å². The highest BCUT2D eigenvalue weighted by Gasteiger charge is 2.28. The lowest BCUT2D eigenvalue weighted by molar-refractivity contribution is 0.0314. The average molecular weight is 343 g/mol. The zero-order chi connectivity index (χ0) is 17.2. The normalized spacial score (nSPS) is 21.8. The molecule has 4 rings (SSSR count). The first-order valence-corrected chi connectivity index (χ1v) is 9.03. The van der Waals surface area contributed by atoms with Gasteiger partial charge >= 0.3 is 6.03 Å². The quantitative estimate of drug-likeness (QED) is 0.931. The second-order valence-electron chi connectivity index (χ2n) is 7.07. The zero-order valence-electron chi connectivity index (χ0n) is 14.7. The van der Waals surface area contributed by atoms with Crippen LogP contribution in [-0.4, -0.2) is 61.8 Å². The van der Waals surface area contributed by atoms with Crippen LogP contribution in [0.2, 0.25) is 0 Å². The van der Waals surface area contributed by atoms with Crippen molar-refractivity contribution in [1.82, 2.24) is 9.80 Å². The number of carbonyl (C=O) groups excluding carboxylic acids is 1. The van der Waals surface area contributed by atoms with E-state index in [0.717, 1.165) is 74.6 Å². The van der Waals surface area contributed by atoms with E-state index in [2.05, 4.69) is 10.2 Å². The first kappa shape index (κ1) is 16.4. The second-order valence-corrected chi connectivity index (χ2v) is 7.07. The number of likely N-dealkylation sites (tertiary alicyclic amines) is 1. The van der Waals surface area contributed by atoms with E-state index in [1.807, 2.05) is 30.0 Å². The number of hydrogen-bond acceptors (Lipinski definition) is 4. The molecule has 6 nitrogen and oxygen atoms in total. The average Bonchev–Trinajstić information content (AvgIpc) is 3.23. The van der Waals surface area contributed by atoms with Gasteiger partial charge in [0.15, 0.2) is 0 Å². The van der Waals surface area contributed by atoms with Crippen molar-refractivity contribution >= 4 is 22.7 Å². The first-order valence-electron chi connectivity index (χ1n) is 9.03. The summed E-state index contributed by atoms with van der Waals surface area (Å²) in [6.45, 7) is 8.39. The number of rotatable bonds is 3. The number of nitrogens with one attached hydrogen (secondary N) is 1. The monoisotopic (exact) mass is 343 g/mol. The van der Waals surface area contributed by atoms with E-state index in [0.29, 0.717) is 5.92 Å². The van der Waals surface area contributed by atoms with Crippen molar-refractivity contribution in [2.45, 2.75) is 13.3 Å². The number of benzene rings is 1. The summed E-state index contributed by atoms with van der Waals surface area (Å²) in [6.07, 6.45) is 2.82. The second kappa shape index (κ2) is 7.06. The molecule has 2 amide bonds. The molecule has 1 atom stereocenters. The molecule has 2 aliphatic rings. The summed E-state index contributed by atoms with van der Waals surface area (Å²) in [6, 6.07) is 5.77. The standard InChI is InChI=1S/C19H25N3O3/c1-14-13-25-18-3-2-16(10-17(14)18)20-19(23)22-5-4-15(12-22)11-21-6-8-24-9-7-21/h2-3,10,13,15H,4-9,11-12H2,1H3,(H,20,23). The minimum atomic E-state index is -0.00928. The maximum absolute atomic E-state index is 12.6. The molecule has 0 spiro atoms. The Labute approximate surface area is 147 Å². The minimum absolute atomic E-state index is 0.00928. The predicted molar refractivity (Wildman–Crippen MR) is 96.9 cm³/mol. The van der Waals surface area contributed by atoms with E-state index in [1.165, 1.54) is 0 Å². The fraction of sp³-hybridized carbons (Fsp3) is 0.526. The molecule has 1 unspecified atom stereocenters. The van der Waals surface area contributed by atoms with Gasteiger partial charge in [-0.05, 0) is 43.0 Å². The van der Waals surface area contributed by atoms with Crippen molar-refractivity contribution in [2.75, 3.05) is 51.3 Å². The van der Waals surface area contributed by atoms with Crippen molar-refractivity contribution in [3.63, 3.8) is 0 Å². The Kier molecular flexibility index (Phi) is 4.63. The number of anilines is 1. The Morgan fingerprint density at radius 2 is 2.12 bits per heavy atom. The van der Waals surface area contributed by atoms with Gasteiger partial charge in [-0.2, -0.15) is 0 Å². The third-order valence-electron chi connectivity index (χ3n) is 5.21. The lowest BCUT2D eigenvalue weighted by atomic mass is 10.1. The minimum Gasteiger partial charge on any atom is -0.464 e. The summed E-state index contributed by atoms with van der Waals surface area (Å²) in [7, 11) is 0. The van der Waals surface area contributed by atoms with Crippen LogP contribution >= 0.6 is 0 Å². The van der Waals surface area contributed by atoms with Gasteiger partial charge < -0.3 is 19.4 Å². The largest absolute Gasteiger partial charge is 0.464 e. The number of hydrogen-bond donors (Lipinski definition) is 1. The topological polar surface area (TPSA) is 58.0 Å². The van der Waals surface area contributed by atoms with Crippen molar-refractivity contribution < 1.29 is 13.9 Å². The van der Waals surface area contributed by atoms with Crippen LogP contribution in [0, 0.1) is 12.8 Å². The fourth-order valence-electron chi connectivity index (χ4n) is 3.75. The van der Waals surface area contributed by atoms with E-state index in [1.54, 1.807) is 6.26 Å². The van der Waals surface area contributed by atoms with Gasteiger partial charge in [-0.3, -0.25) is 4.90 Å². The molecule has 25 heavy (non-hydrogen) atoms. The van der Waals surface area contributed by atoms with Crippen LogP contribution in [0.4, 0.5) is 10.5 Å². The van der Waals surface area contributed by atoms with Gasteiger partial charge in [0.1, 0.15) is 5.58 Å². The number of amides is 2. The van der Waals surface area contributed by atoms with Crippen LogP contribution < -0.4 is 5.32 Å². The highest BCUT2D eigenvalue weighted by Crippen LogP contribution is 2.25. The van der Waals surface area contributed by atoms with E-state index in [9.17, 15) is 4.79 Å².